The molecule has 1 fully saturated rings. The summed E-state index contributed by atoms with van der Waals surface area (Å²) in [5.74, 6) is -2.96. The maximum atomic E-state index is 13.5. The Morgan fingerprint density at radius 3 is 2.71 bits per heavy atom. The summed E-state index contributed by atoms with van der Waals surface area (Å²) < 4.78 is 18.1. The molecule has 0 aromatic heterocycles. The first-order chi connectivity index (χ1) is 11.3. The van der Waals surface area contributed by atoms with Crippen molar-refractivity contribution in [1.29, 1.82) is 0 Å². The molecule has 1 aromatic carbocycles. The highest BCUT2D eigenvalue weighted by molar-refractivity contribution is 6.30. The van der Waals surface area contributed by atoms with Gasteiger partial charge in [0.1, 0.15) is 18.9 Å². The van der Waals surface area contributed by atoms with Gasteiger partial charge in [-0.1, -0.05) is 11.6 Å². The zero-order chi connectivity index (χ0) is 17.9. The van der Waals surface area contributed by atoms with Crippen LogP contribution >= 0.6 is 11.6 Å². The molecule has 4 amide bonds. The molecule has 0 saturated carbocycles. The van der Waals surface area contributed by atoms with E-state index >= 15 is 0 Å². The van der Waals surface area contributed by atoms with Crippen molar-refractivity contribution in [1.82, 2.24) is 9.80 Å². The van der Waals surface area contributed by atoms with Crippen LogP contribution in [0.15, 0.2) is 18.2 Å². The summed E-state index contributed by atoms with van der Waals surface area (Å²) in [5.41, 5.74) is -0.157. The number of carbonyl (C=O) groups is 4. The van der Waals surface area contributed by atoms with Crippen molar-refractivity contribution in [2.75, 3.05) is 32.1 Å². The van der Waals surface area contributed by atoms with Crippen molar-refractivity contribution in [3.05, 3.63) is 29.0 Å². The van der Waals surface area contributed by atoms with Gasteiger partial charge in [0, 0.05) is 12.1 Å². The van der Waals surface area contributed by atoms with Gasteiger partial charge in [0.25, 0.3) is 11.8 Å². The van der Waals surface area contributed by atoms with Gasteiger partial charge in [-0.2, -0.15) is 0 Å². The molecule has 0 atom stereocenters. The van der Waals surface area contributed by atoms with Gasteiger partial charge in [-0.3, -0.25) is 19.3 Å². The maximum Gasteiger partial charge on any atom is 0.327 e. The molecule has 1 aliphatic rings. The molecule has 1 saturated heterocycles. The zero-order valence-corrected chi connectivity index (χ0v) is 13.3. The van der Waals surface area contributed by atoms with Gasteiger partial charge in [-0.05, 0) is 18.2 Å². The van der Waals surface area contributed by atoms with Crippen LogP contribution in [-0.2, 0) is 19.1 Å². The predicted octanol–water partition coefficient (Wildman–Crippen LogP) is 0.855. The number of likely N-dealkylation sites (N-methyl/N-ethyl adjacent to an activating group) is 1. The summed E-state index contributed by atoms with van der Waals surface area (Å²) in [5, 5.41) is 2.41. The first-order valence-electron chi connectivity index (χ1n) is 6.74. The van der Waals surface area contributed by atoms with Gasteiger partial charge in [-0.25, -0.2) is 9.18 Å². The number of anilines is 1. The molecule has 1 heterocycles. The van der Waals surface area contributed by atoms with Crippen molar-refractivity contribution in [3.63, 3.8) is 0 Å². The van der Waals surface area contributed by atoms with Crippen LogP contribution in [0.4, 0.5) is 14.9 Å². The highest BCUT2D eigenvalue weighted by Crippen LogP contribution is 2.19. The Hall–Kier alpha value is -2.68. The van der Waals surface area contributed by atoms with E-state index in [2.05, 4.69) is 10.1 Å². The summed E-state index contributed by atoms with van der Waals surface area (Å²) in [7, 11) is 1.42. The summed E-state index contributed by atoms with van der Waals surface area (Å²) in [6.45, 7) is -1.42. The van der Waals surface area contributed by atoms with Crippen molar-refractivity contribution in [2.45, 2.75) is 0 Å². The van der Waals surface area contributed by atoms with Crippen molar-refractivity contribution in [2.24, 2.45) is 0 Å². The number of ether oxygens (including phenoxy) is 1. The van der Waals surface area contributed by atoms with Crippen molar-refractivity contribution < 1.29 is 28.3 Å². The number of nitrogens with zero attached hydrogens (tertiary/aromatic N) is 2. The Bertz CT molecular complexity index is 712. The Labute approximate surface area is 141 Å². The lowest BCUT2D eigenvalue weighted by Crippen LogP contribution is -2.37. The second-order valence-electron chi connectivity index (χ2n) is 4.95. The average molecular weight is 358 g/mol. The van der Waals surface area contributed by atoms with Crippen molar-refractivity contribution >= 4 is 41.1 Å². The highest BCUT2D eigenvalue weighted by Gasteiger charge is 2.35. The number of imide groups is 1. The lowest BCUT2D eigenvalue weighted by atomic mass is 10.3. The molecule has 1 aliphatic heterocycles. The number of amides is 4. The van der Waals surface area contributed by atoms with Crippen LogP contribution in [-0.4, -0.2) is 60.4 Å². The molecule has 0 bridgehead atoms. The molecule has 0 unspecified atom stereocenters. The van der Waals surface area contributed by atoms with Crippen molar-refractivity contribution in [3.8, 4) is 0 Å². The zero-order valence-electron chi connectivity index (χ0n) is 12.5. The number of nitrogens with one attached hydrogen (secondary N) is 1. The molecule has 128 valence electrons. The van der Waals surface area contributed by atoms with E-state index in [1.807, 2.05) is 0 Å². The fraction of sp³-hybridized carbons (Fsp3) is 0.286. The molecule has 0 aliphatic carbocycles. The number of esters is 1. The number of carbonyl (C=O) groups excluding carboxylic acids is 4. The molecule has 2 rings (SSSR count). The van der Waals surface area contributed by atoms with Crippen LogP contribution in [0.25, 0.3) is 0 Å². The number of urea groups is 1. The Balaban J connectivity index is 1.83. The number of halogens is 2. The average Bonchev–Trinajstić information content (AvgIpc) is 2.75. The monoisotopic (exact) mass is 357 g/mol. The molecular weight excluding hydrogens is 345 g/mol. The van der Waals surface area contributed by atoms with Crippen LogP contribution in [0.1, 0.15) is 0 Å². The van der Waals surface area contributed by atoms with E-state index in [1.54, 1.807) is 0 Å². The molecule has 10 heteroatoms. The SMILES string of the molecule is CN1CC(=O)N(CC(=O)OCC(=O)Nc2cc(Cl)ccc2F)C1=O. The fourth-order valence-electron chi connectivity index (χ4n) is 1.92. The maximum absolute atomic E-state index is 13.5. The van der Waals surface area contributed by atoms with Crippen LogP contribution < -0.4 is 5.32 Å². The molecule has 0 spiro atoms. The van der Waals surface area contributed by atoms with Crippen LogP contribution in [0.2, 0.25) is 5.02 Å². The smallest absolute Gasteiger partial charge is 0.327 e. The minimum atomic E-state index is -0.936. The molecular formula is C14H13ClFN3O5. The lowest BCUT2D eigenvalue weighted by molar-refractivity contribution is -0.149. The van der Waals surface area contributed by atoms with Gasteiger partial charge in [0.15, 0.2) is 6.61 Å². The number of benzene rings is 1. The van der Waals surface area contributed by atoms with Crippen LogP contribution in [0.3, 0.4) is 0 Å². The van der Waals surface area contributed by atoms with Gasteiger partial charge in [0.2, 0.25) is 0 Å². The third-order valence-electron chi connectivity index (χ3n) is 3.08. The van der Waals surface area contributed by atoms with Gasteiger partial charge < -0.3 is 15.0 Å². The summed E-state index contributed by atoms with van der Waals surface area (Å²) in [6.07, 6.45) is 0. The quantitative estimate of drug-likeness (QED) is 0.622. The predicted molar refractivity (Wildman–Crippen MR) is 80.7 cm³/mol. The molecule has 0 radical (unpaired) electrons. The van der Waals surface area contributed by atoms with E-state index < -0.39 is 42.8 Å². The lowest BCUT2D eigenvalue weighted by Gasteiger charge is -2.13. The van der Waals surface area contributed by atoms with Gasteiger partial charge in [0.05, 0.1) is 5.69 Å². The summed E-state index contributed by atoms with van der Waals surface area (Å²) in [6, 6.07) is 2.97. The van der Waals surface area contributed by atoms with E-state index in [1.165, 1.54) is 19.2 Å². The Morgan fingerprint density at radius 2 is 2.08 bits per heavy atom. The van der Waals surface area contributed by atoms with E-state index in [4.69, 9.17) is 11.6 Å². The largest absolute Gasteiger partial charge is 0.454 e. The third-order valence-corrected chi connectivity index (χ3v) is 3.32. The minimum absolute atomic E-state index is 0.124. The highest BCUT2D eigenvalue weighted by atomic mass is 35.5. The Kier molecular flexibility index (Phi) is 5.35. The van der Waals surface area contributed by atoms with E-state index in [0.717, 1.165) is 15.9 Å². The summed E-state index contributed by atoms with van der Waals surface area (Å²) in [4.78, 5) is 48.2. The number of rotatable bonds is 5. The third kappa shape index (κ3) is 4.19. The minimum Gasteiger partial charge on any atom is -0.454 e. The number of hydrogen-bond acceptors (Lipinski definition) is 5. The van der Waals surface area contributed by atoms with E-state index in [-0.39, 0.29) is 17.3 Å². The molecule has 8 nitrogen and oxygen atoms in total. The van der Waals surface area contributed by atoms with Crippen LogP contribution in [0.5, 0.6) is 0 Å². The topological polar surface area (TPSA) is 96.0 Å². The Morgan fingerprint density at radius 1 is 1.38 bits per heavy atom. The van der Waals surface area contributed by atoms with Gasteiger partial charge >= 0.3 is 12.0 Å². The first kappa shape index (κ1) is 17.7. The van der Waals surface area contributed by atoms with E-state index in [0.29, 0.717) is 0 Å². The molecule has 1 N–H and O–H groups in total. The second kappa shape index (κ2) is 7.26. The molecule has 1 aromatic rings. The molecule has 24 heavy (non-hydrogen) atoms. The number of hydrogen-bond donors (Lipinski definition) is 1. The summed E-state index contributed by atoms with van der Waals surface area (Å²) >= 11 is 5.69. The van der Waals surface area contributed by atoms with E-state index in [9.17, 15) is 23.6 Å². The fourth-order valence-corrected chi connectivity index (χ4v) is 2.10. The first-order valence-corrected chi connectivity index (χ1v) is 7.11. The normalized spacial score (nSPS) is 14.1. The second-order valence-corrected chi connectivity index (χ2v) is 5.39. The van der Waals surface area contributed by atoms with Gasteiger partial charge in [-0.15, -0.1) is 0 Å². The van der Waals surface area contributed by atoms with Crippen LogP contribution in [0, 0.1) is 5.82 Å². The standard InChI is InChI=1S/C14H13ClFN3O5/c1-18-5-12(21)19(14(18)23)6-13(22)24-7-11(20)17-10-4-8(15)2-3-9(10)16/h2-4H,5-7H2,1H3,(H,17,20).